The zero-order valence-corrected chi connectivity index (χ0v) is 12.6. The van der Waals surface area contributed by atoms with Gasteiger partial charge in [0.15, 0.2) is 0 Å². The summed E-state index contributed by atoms with van der Waals surface area (Å²) >= 11 is 0. The highest BCUT2D eigenvalue weighted by Gasteiger charge is 2.21. The Morgan fingerprint density at radius 1 is 1.25 bits per heavy atom. The summed E-state index contributed by atoms with van der Waals surface area (Å²) in [6.45, 7) is 7.80. The number of hydrogen-bond donors (Lipinski definition) is 2. The maximum Gasteiger partial charge on any atom is 0.326 e. The molecule has 1 aromatic rings. The number of aryl methyl sites for hydroxylation is 2. The largest absolute Gasteiger partial charge is 0.480 e. The van der Waals surface area contributed by atoms with Gasteiger partial charge in [-0.2, -0.15) is 0 Å². The molecule has 0 saturated carbocycles. The third-order valence-corrected chi connectivity index (χ3v) is 3.20. The smallest absolute Gasteiger partial charge is 0.326 e. The molecule has 4 heteroatoms. The summed E-state index contributed by atoms with van der Waals surface area (Å²) in [6, 6.07) is 5.12. The fourth-order valence-corrected chi connectivity index (χ4v) is 2.10. The Labute approximate surface area is 120 Å². The molecule has 1 amide bonds. The van der Waals surface area contributed by atoms with Crippen LogP contribution in [0.15, 0.2) is 18.2 Å². The molecule has 110 valence electrons. The molecular weight excluding hydrogens is 254 g/mol. The first kappa shape index (κ1) is 16.2. The van der Waals surface area contributed by atoms with Gasteiger partial charge in [0.2, 0.25) is 5.91 Å². The number of nitrogens with one attached hydrogen (secondary N) is 1. The third kappa shape index (κ3) is 5.03. The van der Waals surface area contributed by atoms with Crippen molar-refractivity contribution in [3.63, 3.8) is 0 Å². The quantitative estimate of drug-likeness (QED) is 0.839. The highest BCUT2D eigenvalue weighted by atomic mass is 16.4. The van der Waals surface area contributed by atoms with E-state index < -0.39 is 12.0 Å². The van der Waals surface area contributed by atoms with Crippen molar-refractivity contribution < 1.29 is 14.7 Å². The van der Waals surface area contributed by atoms with Crippen molar-refractivity contribution in [3.05, 3.63) is 34.9 Å². The molecule has 0 bridgehead atoms. The standard InChI is InChI=1S/C16H23NO3/c1-10(2)7-14(16(19)20)17-15(18)9-13-8-11(3)5-6-12(13)4/h5-6,8,10,14H,7,9H2,1-4H3,(H,17,18)(H,19,20). The van der Waals surface area contributed by atoms with Crippen LogP contribution < -0.4 is 5.32 Å². The molecule has 0 fully saturated rings. The lowest BCUT2D eigenvalue weighted by molar-refractivity contribution is -0.142. The first-order valence-corrected chi connectivity index (χ1v) is 6.88. The first-order chi connectivity index (χ1) is 9.29. The van der Waals surface area contributed by atoms with Crippen molar-refractivity contribution in [2.75, 3.05) is 0 Å². The van der Waals surface area contributed by atoms with Crippen molar-refractivity contribution in [1.82, 2.24) is 5.32 Å². The molecule has 0 aromatic heterocycles. The lowest BCUT2D eigenvalue weighted by Crippen LogP contribution is -2.42. The molecule has 4 nitrogen and oxygen atoms in total. The van der Waals surface area contributed by atoms with Crippen LogP contribution in [0, 0.1) is 19.8 Å². The van der Waals surface area contributed by atoms with Gasteiger partial charge in [0.25, 0.3) is 0 Å². The second-order valence-electron chi connectivity index (χ2n) is 5.69. The molecule has 1 unspecified atom stereocenters. The molecule has 1 atom stereocenters. The van der Waals surface area contributed by atoms with E-state index in [2.05, 4.69) is 5.32 Å². The average molecular weight is 277 g/mol. The summed E-state index contributed by atoms with van der Waals surface area (Å²) in [4.78, 5) is 23.1. The van der Waals surface area contributed by atoms with E-state index in [0.717, 1.165) is 16.7 Å². The molecule has 0 aliphatic rings. The SMILES string of the molecule is Cc1ccc(C)c(CC(=O)NC(CC(C)C)C(=O)O)c1. The van der Waals surface area contributed by atoms with Crippen LogP contribution in [0.2, 0.25) is 0 Å². The fraction of sp³-hybridized carbons (Fsp3) is 0.500. The maximum absolute atomic E-state index is 12.0. The number of amides is 1. The molecule has 0 spiro atoms. The highest BCUT2D eigenvalue weighted by molar-refractivity contribution is 5.85. The van der Waals surface area contributed by atoms with Crippen molar-refractivity contribution in [2.24, 2.45) is 5.92 Å². The summed E-state index contributed by atoms with van der Waals surface area (Å²) in [7, 11) is 0. The van der Waals surface area contributed by atoms with Crippen molar-refractivity contribution in [2.45, 2.75) is 46.6 Å². The van der Waals surface area contributed by atoms with E-state index in [-0.39, 0.29) is 18.2 Å². The normalized spacial score (nSPS) is 12.2. The number of carboxylic acid groups (broad SMARTS) is 1. The minimum atomic E-state index is -0.979. The molecule has 0 radical (unpaired) electrons. The Morgan fingerprint density at radius 3 is 2.45 bits per heavy atom. The van der Waals surface area contributed by atoms with E-state index >= 15 is 0 Å². The molecule has 0 saturated heterocycles. The summed E-state index contributed by atoms with van der Waals surface area (Å²) in [5.74, 6) is -1.00. The van der Waals surface area contributed by atoms with E-state index in [1.807, 2.05) is 45.9 Å². The van der Waals surface area contributed by atoms with Crippen LogP contribution in [0.1, 0.15) is 37.0 Å². The fourth-order valence-electron chi connectivity index (χ4n) is 2.10. The van der Waals surface area contributed by atoms with E-state index in [0.29, 0.717) is 6.42 Å². The van der Waals surface area contributed by atoms with Gasteiger partial charge in [0.05, 0.1) is 6.42 Å². The summed E-state index contributed by atoms with van der Waals surface area (Å²) < 4.78 is 0. The van der Waals surface area contributed by atoms with Gasteiger partial charge in [-0.15, -0.1) is 0 Å². The van der Waals surface area contributed by atoms with Crippen molar-refractivity contribution >= 4 is 11.9 Å². The van der Waals surface area contributed by atoms with Gasteiger partial charge in [-0.05, 0) is 37.3 Å². The monoisotopic (exact) mass is 277 g/mol. The number of carbonyl (C=O) groups excluding carboxylic acids is 1. The molecule has 1 rings (SSSR count). The average Bonchev–Trinajstić information content (AvgIpc) is 2.32. The Kier molecular flexibility index (Phi) is 5.74. The summed E-state index contributed by atoms with van der Waals surface area (Å²) in [5, 5.41) is 11.7. The highest BCUT2D eigenvalue weighted by Crippen LogP contribution is 2.12. The van der Waals surface area contributed by atoms with E-state index in [4.69, 9.17) is 5.11 Å². The van der Waals surface area contributed by atoms with Crippen LogP contribution >= 0.6 is 0 Å². The van der Waals surface area contributed by atoms with Gasteiger partial charge in [-0.25, -0.2) is 4.79 Å². The molecule has 0 heterocycles. The van der Waals surface area contributed by atoms with Gasteiger partial charge >= 0.3 is 5.97 Å². The van der Waals surface area contributed by atoms with Crippen LogP contribution in [0.4, 0.5) is 0 Å². The second kappa shape index (κ2) is 7.08. The van der Waals surface area contributed by atoms with Crippen LogP contribution in [0.25, 0.3) is 0 Å². The minimum absolute atomic E-state index is 0.218. The molecule has 20 heavy (non-hydrogen) atoms. The lowest BCUT2D eigenvalue weighted by atomic mass is 10.0. The number of carboxylic acids is 1. The predicted octanol–water partition coefficient (Wildman–Crippen LogP) is 2.46. The van der Waals surface area contributed by atoms with Gasteiger partial charge in [0, 0.05) is 0 Å². The van der Waals surface area contributed by atoms with Crippen LogP contribution in [-0.4, -0.2) is 23.0 Å². The zero-order chi connectivity index (χ0) is 15.3. The van der Waals surface area contributed by atoms with Gasteiger partial charge < -0.3 is 10.4 Å². The van der Waals surface area contributed by atoms with Gasteiger partial charge in [-0.3, -0.25) is 4.79 Å². The van der Waals surface area contributed by atoms with Crippen molar-refractivity contribution in [3.8, 4) is 0 Å². The number of benzene rings is 1. The Morgan fingerprint density at radius 2 is 1.90 bits per heavy atom. The zero-order valence-electron chi connectivity index (χ0n) is 12.6. The minimum Gasteiger partial charge on any atom is -0.480 e. The van der Waals surface area contributed by atoms with E-state index in [1.165, 1.54) is 0 Å². The molecular formula is C16H23NO3. The van der Waals surface area contributed by atoms with Gasteiger partial charge in [0.1, 0.15) is 6.04 Å². The second-order valence-corrected chi connectivity index (χ2v) is 5.69. The van der Waals surface area contributed by atoms with E-state index in [9.17, 15) is 9.59 Å². The number of rotatable bonds is 6. The van der Waals surface area contributed by atoms with E-state index in [1.54, 1.807) is 0 Å². The summed E-state index contributed by atoms with van der Waals surface area (Å²) in [5.41, 5.74) is 3.08. The molecule has 0 aliphatic carbocycles. The number of aliphatic carboxylic acids is 1. The Bertz CT molecular complexity index is 494. The first-order valence-electron chi connectivity index (χ1n) is 6.88. The van der Waals surface area contributed by atoms with Crippen LogP contribution in [-0.2, 0) is 16.0 Å². The maximum atomic E-state index is 12.0. The van der Waals surface area contributed by atoms with Crippen molar-refractivity contribution in [1.29, 1.82) is 0 Å². The molecule has 2 N–H and O–H groups in total. The van der Waals surface area contributed by atoms with Crippen LogP contribution in [0.3, 0.4) is 0 Å². The van der Waals surface area contributed by atoms with Gasteiger partial charge in [-0.1, -0.05) is 37.6 Å². The third-order valence-electron chi connectivity index (χ3n) is 3.20. The lowest BCUT2D eigenvalue weighted by Gasteiger charge is -2.17. The topological polar surface area (TPSA) is 66.4 Å². The Balaban J connectivity index is 2.70. The predicted molar refractivity (Wildman–Crippen MR) is 78.6 cm³/mol. The molecule has 0 aliphatic heterocycles. The number of hydrogen-bond acceptors (Lipinski definition) is 2. The number of carbonyl (C=O) groups is 2. The molecule has 1 aromatic carbocycles. The van der Waals surface area contributed by atoms with Crippen LogP contribution in [0.5, 0.6) is 0 Å². The Hall–Kier alpha value is -1.84. The summed E-state index contributed by atoms with van der Waals surface area (Å²) in [6.07, 6.45) is 0.656.